The molecule has 1 unspecified atom stereocenters. The Hall–Kier alpha value is -1.88. The maximum atomic E-state index is 12.2. The minimum Gasteiger partial charge on any atom is -0.351 e. The van der Waals surface area contributed by atoms with Crippen molar-refractivity contribution in [3.63, 3.8) is 0 Å². The van der Waals surface area contributed by atoms with E-state index in [-0.39, 0.29) is 18.4 Å². The largest absolute Gasteiger partial charge is 0.351 e. The molecule has 134 valence electrons. The van der Waals surface area contributed by atoms with Gasteiger partial charge < -0.3 is 15.5 Å². The molecule has 2 amide bonds. The van der Waals surface area contributed by atoms with Gasteiger partial charge in [0.2, 0.25) is 0 Å². The predicted octanol–water partition coefficient (Wildman–Crippen LogP) is 1.23. The number of anilines is 1. The second kappa shape index (κ2) is 9.42. The summed E-state index contributed by atoms with van der Waals surface area (Å²) in [6.07, 6.45) is 0.969. The number of nitrogens with one attached hydrogen (secondary N) is 3. The van der Waals surface area contributed by atoms with Crippen molar-refractivity contribution in [1.29, 1.82) is 0 Å². The van der Waals surface area contributed by atoms with E-state index in [0.717, 1.165) is 28.1 Å². The van der Waals surface area contributed by atoms with E-state index in [1.807, 2.05) is 27.8 Å². The van der Waals surface area contributed by atoms with Gasteiger partial charge in [-0.15, -0.1) is 0 Å². The Bertz CT molecular complexity index is 559. The average molecular weight is 334 g/mol. The molecule has 1 rings (SSSR count). The minimum absolute atomic E-state index is 0.0105. The van der Waals surface area contributed by atoms with Gasteiger partial charge in [0.1, 0.15) is 0 Å². The van der Waals surface area contributed by atoms with Crippen molar-refractivity contribution in [2.24, 2.45) is 5.92 Å². The minimum atomic E-state index is -0.0717. The summed E-state index contributed by atoms with van der Waals surface area (Å²) in [4.78, 5) is 25.0. The molecule has 0 saturated carbocycles. The van der Waals surface area contributed by atoms with Crippen LogP contribution in [0.4, 0.5) is 5.69 Å². The smallest absolute Gasteiger partial charge is 0.279 e. The van der Waals surface area contributed by atoms with Gasteiger partial charge in [-0.25, -0.2) is 0 Å². The Morgan fingerprint density at radius 3 is 2.12 bits per heavy atom. The highest BCUT2D eigenvalue weighted by molar-refractivity contribution is 5.93. The number of benzene rings is 1. The quantitative estimate of drug-likeness (QED) is 0.669. The van der Waals surface area contributed by atoms with Crippen LogP contribution in [0.5, 0.6) is 0 Å². The zero-order valence-corrected chi connectivity index (χ0v) is 15.9. The van der Waals surface area contributed by atoms with E-state index < -0.39 is 0 Å². The zero-order valence-electron chi connectivity index (χ0n) is 15.9. The molecule has 0 spiro atoms. The van der Waals surface area contributed by atoms with E-state index in [0.29, 0.717) is 19.0 Å². The van der Waals surface area contributed by atoms with Gasteiger partial charge in [0.25, 0.3) is 11.8 Å². The molecule has 0 aliphatic carbocycles. The van der Waals surface area contributed by atoms with Crippen molar-refractivity contribution >= 4 is 17.5 Å². The summed E-state index contributed by atoms with van der Waals surface area (Å²) in [6.45, 7) is 11.6. The van der Waals surface area contributed by atoms with Crippen LogP contribution in [0.15, 0.2) is 12.1 Å². The molecule has 1 atom stereocenters. The van der Waals surface area contributed by atoms with Crippen molar-refractivity contribution in [2.45, 2.75) is 41.0 Å². The maximum absolute atomic E-state index is 12.2. The van der Waals surface area contributed by atoms with Crippen LogP contribution in [0, 0.1) is 26.7 Å². The van der Waals surface area contributed by atoms with Crippen LogP contribution in [-0.4, -0.2) is 38.5 Å². The van der Waals surface area contributed by atoms with Gasteiger partial charge in [-0.05, 0) is 44.2 Å². The molecule has 1 aromatic rings. The molecule has 0 heterocycles. The molecule has 0 aliphatic heterocycles. The number of carbonyl (C=O) groups excluding carboxylic acids is 2. The van der Waals surface area contributed by atoms with Crippen LogP contribution < -0.4 is 15.5 Å². The lowest BCUT2D eigenvalue weighted by Crippen LogP contribution is -3.11. The van der Waals surface area contributed by atoms with Crippen molar-refractivity contribution < 1.29 is 14.5 Å². The number of rotatable bonds is 8. The third-order valence-corrected chi connectivity index (χ3v) is 3.91. The van der Waals surface area contributed by atoms with Gasteiger partial charge in [-0.2, -0.15) is 0 Å². The van der Waals surface area contributed by atoms with E-state index in [4.69, 9.17) is 0 Å². The number of carbonyl (C=O) groups is 2. The fourth-order valence-electron chi connectivity index (χ4n) is 2.73. The second-order valence-electron chi connectivity index (χ2n) is 7.17. The highest BCUT2D eigenvalue weighted by Crippen LogP contribution is 2.21. The number of hydrogen-bond donors (Lipinski definition) is 3. The summed E-state index contributed by atoms with van der Waals surface area (Å²) in [5.74, 6) is 0.489. The molecule has 0 aromatic heterocycles. The molecule has 1 aromatic carbocycles. The summed E-state index contributed by atoms with van der Waals surface area (Å²) in [6, 6.07) is 4.11. The van der Waals surface area contributed by atoms with Gasteiger partial charge in [0.15, 0.2) is 13.1 Å². The summed E-state index contributed by atoms with van der Waals surface area (Å²) < 4.78 is 0. The van der Waals surface area contributed by atoms with E-state index in [1.165, 1.54) is 5.56 Å². The topological polar surface area (TPSA) is 62.6 Å². The van der Waals surface area contributed by atoms with E-state index in [2.05, 4.69) is 36.6 Å². The van der Waals surface area contributed by atoms with Gasteiger partial charge in [-0.3, -0.25) is 9.59 Å². The maximum Gasteiger partial charge on any atom is 0.279 e. The van der Waals surface area contributed by atoms with Crippen LogP contribution in [0.2, 0.25) is 0 Å². The molecule has 0 saturated heterocycles. The molecular formula is C19H32N3O2+. The molecule has 0 bridgehead atoms. The Balaban J connectivity index is 2.46. The van der Waals surface area contributed by atoms with E-state index in [1.54, 1.807) is 0 Å². The SMILES string of the molecule is Cc1cc(C)c(NC(=O)C[NH+](C)CC(=O)NCCC(C)C)c(C)c1. The van der Waals surface area contributed by atoms with Gasteiger partial charge in [0.05, 0.1) is 7.05 Å². The first-order chi connectivity index (χ1) is 11.2. The lowest BCUT2D eigenvalue weighted by atomic mass is 10.1. The molecular weight excluding hydrogens is 302 g/mol. The van der Waals surface area contributed by atoms with Crippen LogP contribution in [0.25, 0.3) is 0 Å². The number of quaternary nitrogens is 1. The van der Waals surface area contributed by atoms with Crippen molar-refractivity contribution in [2.75, 3.05) is 32.0 Å². The normalized spacial score (nSPS) is 12.1. The molecule has 5 heteroatoms. The van der Waals surface area contributed by atoms with Crippen LogP contribution >= 0.6 is 0 Å². The second-order valence-corrected chi connectivity index (χ2v) is 7.17. The van der Waals surface area contributed by atoms with Crippen molar-refractivity contribution in [3.05, 3.63) is 28.8 Å². The van der Waals surface area contributed by atoms with Crippen LogP contribution in [-0.2, 0) is 9.59 Å². The Labute approximate surface area is 145 Å². The first-order valence-electron chi connectivity index (χ1n) is 8.64. The molecule has 0 aliphatic rings. The van der Waals surface area contributed by atoms with Crippen molar-refractivity contribution in [1.82, 2.24) is 5.32 Å². The average Bonchev–Trinajstić information content (AvgIpc) is 2.41. The zero-order chi connectivity index (χ0) is 18.3. The summed E-state index contributed by atoms with van der Waals surface area (Å²) in [5.41, 5.74) is 4.18. The summed E-state index contributed by atoms with van der Waals surface area (Å²) in [5, 5.41) is 5.88. The van der Waals surface area contributed by atoms with E-state index >= 15 is 0 Å². The molecule has 5 nitrogen and oxygen atoms in total. The first kappa shape index (κ1) is 20.2. The number of likely N-dealkylation sites (N-methyl/N-ethyl adjacent to an activating group) is 1. The summed E-state index contributed by atoms with van der Waals surface area (Å²) >= 11 is 0. The lowest BCUT2D eigenvalue weighted by molar-refractivity contribution is -0.862. The van der Waals surface area contributed by atoms with E-state index in [9.17, 15) is 9.59 Å². The Kier molecular flexibility index (Phi) is 7.92. The third kappa shape index (κ3) is 7.13. The molecule has 0 fully saturated rings. The highest BCUT2D eigenvalue weighted by Gasteiger charge is 2.15. The molecule has 0 radical (unpaired) electrons. The monoisotopic (exact) mass is 334 g/mol. The standard InChI is InChI=1S/C19H31N3O2/c1-13(2)7-8-20-17(23)11-22(6)12-18(24)21-19-15(4)9-14(3)10-16(19)5/h9-10,13H,7-8,11-12H2,1-6H3,(H,20,23)(H,21,24)/p+1. The number of hydrogen-bond acceptors (Lipinski definition) is 2. The fraction of sp³-hybridized carbons (Fsp3) is 0.579. The molecule has 3 N–H and O–H groups in total. The van der Waals surface area contributed by atoms with Crippen LogP contribution in [0.1, 0.15) is 37.0 Å². The Morgan fingerprint density at radius 2 is 1.58 bits per heavy atom. The number of amides is 2. The highest BCUT2D eigenvalue weighted by atomic mass is 16.2. The predicted molar refractivity (Wildman–Crippen MR) is 98.4 cm³/mol. The third-order valence-electron chi connectivity index (χ3n) is 3.91. The van der Waals surface area contributed by atoms with Crippen LogP contribution in [0.3, 0.4) is 0 Å². The summed E-state index contributed by atoms with van der Waals surface area (Å²) in [7, 11) is 1.86. The van der Waals surface area contributed by atoms with Gasteiger partial charge in [-0.1, -0.05) is 31.5 Å². The molecule has 24 heavy (non-hydrogen) atoms. The number of aryl methyl sites for hydroxylation is 3. The van der Waals surface area contributed by atoms with Crippen molar-refractivity contribution in [3.8, 4) is 0 Å². The fourth-order valence-corrected chi connectivity index (χ4v) is 2.73. The van der Waals surface area contributed by atoms with Gasteiger partial charge >= 0.3 is 0 Å². The lowest BCUT2D eigenvalue weighted by Gasteiger charge is -2.16. The Morgan fingerprint density at radius 1 is 1.04 bits per heavy atom. The first-order valence-corrected chi connectivity index (χ1v) is 8.64. The van der Waals surface area contributed by atoms with Gasteiger partial charge in [0, 0.05) is 12.2 Å².